The molecule has 1 amide bonds. The first-order chi connectivity index (χ1) is 9.24. The first-order valence-corrected chi connectivity index (χ1v) is 6.99. The summed E-state index contributed by atoms with van der Waals surface area (Å²) in [5.41, 5.74) is 1.13. The molecule has 0 aromatic heterocycles. The van der Waals surface area contributed by atoms with Gasteiger partial charge in [-0.05, 0) is 37.1 Å². The fourth-order valence-corrected chi connectivity index (χ4v) is 2.83. The molecule has 2 heterocycles. The van der Waals surface area contributed by atoms with Crippen molar-refractivity contribution in [3.8, 4) is 5.75 Å². The summed E-state index contributed by atoms with van der Waals surface area (Å²) in [4.78, 5) is 12.3. The molecule has 0 saturated carbocycles. The average Bonchev–Trinajstić information content (AvgIpc) is 2.85. The van der Waals surface area contributed by atoms with Crippen molar-refractivity contribution in [2.45, 2.75) is 31.9 Å². The monoisotopic (exact) mass is 260 g/mol. The van der Waals surface area contributed by atoms with Gasteiger partial charge in [-0.1, -0.05) is 25.1 Å². The van der Waals surface area contributed by atoms with Crippen LogP contribution < -0.4 is 15.4 Å². The van der Waals surface area contributed by atoms with Crippen LogP contribution in [0.5, 0.6) is 5.75 Å². The maximum atomic E-state index is 12.3. The number of fused-ring (bicyclic) bond motifs is 1. The minimum Gasteiger partial charge on any atom is -0.480 e. The molecule has 4 heteroatoms. The summed E-state index contributed by atoms with van der Waals surface area (Å²) in [7, 11) is 0. The van der Waals surface area contributed by atoms with Crippen molar-refractivity contribution in [1.29, 1.82) is 0 Å². The maximum Gasteiger partial charge on any atom is 0.261 e. The summed E-state index contributed by atoms with van der Waals surface area (Å²) in [5, 5.41) is 6.48. The number of nitrogens with one attached hydrogen (secondary N) is 2. The number of piperidine rings is 1. The number of para-hydroxylation sites is 1. The predicted molar refractivity (Wildman–Crippen MR) is 73.1 cm³/mol. The highest BCUT2D eigenvalue weighted by atomic mass is 16.5. The Kier molecular flexibility index (Phi) is 3.42. The number of ether oxygens (including phenoxy) is 1. The van der Waals surface area contributed by atoms with Crippen LogP contribution in [0.2, 0.25) is 0 Å². The molecular weight excluding hydrogens is 240 g/mol. The Hall–Kier alpha value is -1.55. The first kappa shape index (κ1) is 12.5. The molecule has 0 spiro atoms. The smallest absolute Gasteiger partial charge is 0.261 e. The lowest BCUT2D eigenvalue weighted by molar-refractivity contribution is -0.128. The van der Waals surface area contributed by atoms with Gasteiger partial charge >= 0.3 is 0 Å². The van der Waals surface area contributed by atoms with Crippen molar-refractivity contribution in [3.63, 3.8) is 0 Å². The minimum absolute atomic E-state index is 0.0231. The van der Waals surface area contributed by atoms with Gasteiger partial charge in [0.15, 0.2) is 6.10 Å². The highest BCUT2D eigenvalue weighted by molar-refractivity contribution is 5.82. The maximum absolute atomic E-state index is 12.3. The van der Waals surface area contributed by atoms with E-state index in [1.54, 1.807) is 0 Å². The van der Waals surface area contributed by atoms with Gasteiger partial charge in [-0.25, -0.2) is 0 Å². The number of amides is 1. The molecule has 3 atom stereocenters. The van der Waals surface area contributed by atoms with Gasteiger partial charge in [0.2, 0.25) is 0 Å². The van der Waals surface area contributed by atoms with Gasteiger partial charge in [0.05, 0.1) is 0 Å². The predicted octanol–water partition coefficient (Wildman–Crippen LogP) is 1.10. The van der Waals surface area contributed by atoms with Gasteiger partial charge in [0, 0.05) is 12.5 Å². The van der Waals surface area contributed by atoms with Crippen LogP contribution in [-0.4, -0.2) is 31.1 Å². The van der Waals surface area contributed by atoms with Crippen LogP contribution in [0, 0.1) is 5.92 Å². The Morgan fingerprint density at radius 1 is 1.42 bits per heavy atom. The van der Waals surface area contributed by atoms with E-state index >= 15 is 0 Å². The van der Waals surface area contributed by atoms with Crippen molar-refractivity contribution in [2.75, 3.05) is 13.1 Å². The standard InChI is InChI=1S/C15H20N2O2/c1-10-9-16-7-6-12(10)17-15(18)14-8-11-4-2-3-5-13(11)19-14/h2-5,10,12,14,16H,6-9H2,1H3,(H,17,18). The molecule has 4 nitrogen and oxygen atoms in total. The molecule has 1 fully saturated rings. The highest BCUT2D eigenvalue weighted by Crippen LogP contribution is 2.28. The second kappa shape index (κ2) is 5.21. The number of benzene rings is 1. The molecule has 1 saturated heterocycles. The number of rotatable bonds is 2. The molecule has 2 N–H and O–H groups in total. The largest absolute Gasteiger partial charge is 0.480 e. The van der Waals surface area contributed by atoms with E-state index in [1.165, 1.54) is 0 Å². The highest BCUT2D eigenvalue weighted by Gasteiger charge is 2.31. The Balaban J connectivity index is 1.60. The number of carbonyl (C=O) groups is 1. The second-order valence-corrected chi connectivity index (χ2v) is 5.50. The van der Waals surface area contributed by atoms with Crippen molar-refractivity contribution < 1.29 is 9.53 Å². The van der Waals surface area contributed by atoms with Crippen LogP contribution in [0.3, 0.4) is 0 Å². The van der Waals surface area contributed by atoms with Crippen molar-refractivity contribution in [1.82, 2.24) is 10.6 Å². The topological polar surface area (TPSA) is 50.4 Å². The van der Waals surface area contributed by atoms with Gasteiger partial charge < -0.3 is 15.4 Å². The molecule has 1 aromatic rings. The molecule has 0 bridgehead atoms. The van der Waals surface area contributed by atoms with Crippen molar-refractivity contribution >= 4 is 5.91 Å². The van der Waals surface area contributed by atoms with E-state index in [9.17, 15) is 4.79 Å². The normalized spacial score (nSPS) is 29.4. The quantitative estimate of drug-likeness (QED) is 0.837. The zero-order chi connectivity index (χ0) is 13.2. The lowest BCUT2D eigenvalue weighted by Crippen LogP contribution is -2.51. The Morgan fingerprint density at radius 2 is 2.26 bits per heavy atom. The molecule has 1 aromatic carbocycles. The zero-order valence-electron chi connectivity index (χ0n) is 11.2. The van der Waals surface area contributed by atoms with Gasteiger partial charge in [-0.15, -0.1) is 0 Å². The lowest BCUT2D eigenvalue weighted by atomic mass is 9.95. The van der Waals surface area contributed by atoms with Crippen LogP contribution in [0.4, 0.5) is 0 Å². The SMILES string of the molecule is CC1CNCCC1NC(=O)C1Cc2ccccc2O1. The van der Waals surface area contributed by atoms with E-state index in [0.29, 0.717) is 12.3 Å². The number of carbonyl (C=O) groups excluding carboxylic acids is 1. The van der Waals surface area contributed by atoms with Gasteiger partial charge in [0.25, 0.3) is 5.91 Å². The van der Waals surface area contributed by atoms with E-state index in [2.05, 4.69) is 17.6 Å². The van der Waals surface area contributed by atoms with E-state index in [-0.39, 0.29) is 18.1 Å². The molecule has 3 rings (SSSR count). The first-order valence-electron chi connectivity index (χ1n) is 6.99. The van der Waals surface area contributed by atoms with Crippen LogP contribution in [-0.2, 0) is 11.2 Å². The fraction of sp³-hybridized carbons (Fsp3) is 0.533. The molecule has 102 valence electrons. The Bertz CT molecular complexity index is 450. The van der Waals surface area contributed by atoms with E-state index in [1.807, 2.05) is 24.3 Å². The van der Waals surface area contributed by atoms with Gasteiger partial charge in [0.1, 0.15) is 5.75 Å². The van der Waals surface area contributed by atoms with E-state index in [0.717, 1.165) is 30.8 Å². The summed E-state index contributed by atoms with van der Waals surface area (Å²) in [6, 6.07) is 8.14. The van der Waals surface area contributed by atoms with E-state index < -0.39 is 0 Å². The lowest BCUT2D eigenvalue weighted by Gasteiger charge is -2.30. The molecule has 0 radical (unpaired) electrons. The zero-order valence-corrected chi connectivity index (χ0v) is 11.2. The Morgan fingerprint density at radius 3 is 3.05 bits per heavy atom. The van der Waals surface area contributed by atoms with Crippen LogP contribution in [0.1, 0.15) is 18.9 Å². The summed E-state index contributed by atoms with van der Waals surface area (Å²) in [6.07, 6.45) is 1.31. The molecule has 2 aliphatic heterocycles. The van der Waals surface area contributed by atoms with Crippen LogP contribution >= 0.6 is 0 Å². The van der Waals surface area contributed by atoms with Crippen LogP contribution in [0.25, 0.3) is 0 Å². The molecular formula is C15H20N2O2. The molecule has 2 aliphatic rings. The number of hydrogen-bond donors (Lipinski definition) is 2. The molecule has 0 aliphatic carbocycles. The summed E-state index contributed by atoms with van der Waals surface area (Å²) in [6.45, 7) is 4.11. The van der Waals surface area contributed by atoms with Crippen molar-refractivity contribution in [2.24, 2.45) is 5.92 Å². The third-order valence-corrected chi connectivity index (χ3v) is 4.05. The van der Waals surface area contributed by atoms with Gasteiger partial charge in [-0.2, -0.15) is 0 Å². The third-order valence-electron chi connectivity index (χ3n) is 4.05. The second-order valence-electron chi connectivity index (χ2n) is 5.50. The Labute approximate surface area is 113 Å². The molecule has 19 heavy (non-hydrogen) atoms. The minimum atomic E-state index is -0.362. The third kappa shape index (κ3) is 2.59. The fourth-order valence-electron chi connectivity index (χ4n) is 2.83. The number of hydrogen-bond acceptors (Lipinski definition) is 3. The average molecular weight is 260 g/mol. The van der Waals surface area contributed by atoms with Gasteiger partial charge in [-0.3, -0.25) is 4.79 Å². The summed E-state index contributed by atoms with van der Waals surface area (Å²) >= 11 is 0. The van der Waals surface area contributed by atoms with E-state index in [4.69, 9.17) is 4.74 Å². The molecule has 3 unspecified atom stereocenters. The van der Waals surface area contributed by atoms with Crippen molar-refractivity contribution in [3.05, 3.63) is 29.8 Å². The summed E-state index contributed by atoms with van der Waals surface area (Å²) in [5.74, 6) is 1.34. The summed E-state index contributed by atoms with van der Waals surface area (Å²) < 4.78 is 5.72. The van der Waals surface area contributed by atoms with Crippen LogP contribution in [0.15, 0.2) is 24.3 Å².